The second kappa shape index (κ2) is 6.08. The molecule has 0 saturated heterocycles. The van der Waals surface area contributed by atoms with Gasteiger partial charge in [-0.3, -0.25) is 4.79 Å². The Balaban J connectivity index is 2.66. The number of ether oxygens (including phenoxy) is 1. The molecule has 0 aliphatic carbocycles. The smallest absolute Gasteiger partial charge is 0.302 e. The van der Waals surface area contributed by atoms with E-state index in [2.05, 4.69) is 6.58 Å². The van der Waals surface area contributed by atoms with Crippen molar-refractivity contribution < 1.29 is 14.6 Å². The topological polar surface area (TPSA) is 46.5 Å². The lowest BCUT2D eigenvalue weighted by Crippen LogP contribution is -2.17. The third-order valence-electron chi connectivity index (χ3n) is 2.33. The lowest BCUT2D eigenvalue weighted by Gasteiger charge is -2.19. The summed E-state index contributed by atoms with van der Waals surface area (Å²) in [5.41, 5.74) is 0.791. The van der Waals surface area contributed by atoms with E-state index in [-0.39, 0.29) is 18.5 Å². The van der Waals surface area contributed by atoms with Crippen molar-refractivity contribution in [1.29, 1.82) is 0 Å². The minimum Gasteiger partial charge on any atom is -0.465 e. The highest BCUT2D eigenvalue weighted by molar-refractivity contribution is 5.65. The van der Waals surface area contributed by atoms with Crippen molar-refractivity contribution in [1.82, 2.24) is 0 Å². The molecule has 3 heteroatoms. The van der Waals surface area contributed by atoms with Gasteiger partial charge in [0.1, 0.15) is 6.61 Å². The van der Waals surface area contributed by atoms with Gasteiger partial charge in [0.05, 0.1) is 6.10 Å². The zero-order valence-corrected chi connectivity index (χ0v) is 9.30. The number of aliphatic hydroxyl groups is 1. The first-order chi connectivity index (χ1) is 7.65. The zero-order valence-electron chi connectivity index (χ0n) is 9.30. The summed E-state index contributed by atoms with van der Waals surface area (Å²) < 4.78 is 4.87. The van der Waals surface area contributed by atoms with E-state index in [0.717, 1.165) is 5.56 Å². The van der Waals surface area contributed by atoms with Crippen LogP contribution in [0.4, 0.5) is 0 Å². The molecule has 86 valence electrons. The molecule has 0 aromatic heterocycles. The predicted octanol–water partition coefficient (Wildman–Crippen LogP) is 2.09. The summed E-state index contributed by atoms with van der Waals surface area (Å²) in [5, 5.41) is 10.0. The lowest BCUT2D eigenvalue weighted by atomic mass is 9.96. The second-order valence-electron chi connectivity index (χ2n) is 3.56. The molecule has 0 spiro atoms. The fourth-order valence-electron chi connectivity index (χ4n) is 1.40. The molecule has 0 unspecified atom stereocenters. The first-order valence-electron chi connectivity index (χ1n) is 5.14. The summed E-state index contributed by atoms with van der Waals surface area (Å²) in [7, 11) is 0. The Morgan fingerprint density at radius 2 is 2.12 bits per heavy atom. The molecule has 2 atom stereocenters. The van der Waals surface area contributed by atoms with Crippen LogP contribution < -0.4 is 0 Å². The molecule has 1 aromatic rings. The average molecular weight is 220 g/mol. The molecular formula is C13H16O3. The molecule has 1 N–H and O–H groups in total. The van der Waals surface area contributed by atoms with Gasteiger partial charge in [0, 0.05) is 12.8 Å². The van der Waals surface area contributed by atoms with Crippen LogP contribution in [0.25, 0.3) is 0 Å². The molecule has 3 nitrogen and oxygen atoms in total. The Kier molecular flexibility index (Phi) is 4.73. The SMILES string of the molecule is C=C[C@H](COC(C)=O)[C@H](O)c1ccccc1. The van der Waals surface area contributed by atoms with Crippen LogP contribution in [0, 0.1) is 5.92 Å². The first kappa shape index (κ1) is 12.5. The van der Waals surface area contributed by atoms with Crippen LogP contribution in [0.3, 0.4) is 0 Å². The van der Waals surface area contributed by atoms with Crippen LogP contribution in [0.2, 0.25) is 0 Å². The van der Waals surface area contributed by atoms with Crippen molar-refractivity contribution in [3.8, 4) is 0 Å². The van der Waals surface area contributed by atoms with E-state index in [1.165, 1.54) is 6.92 Å². The van der Waals surface area contributed by atoms with Gasteiger partial charge in [-0.2, -0.15) is 0 Å². The van der Waals surface area contributed by atoms with Crippen LogP contribution >= 0.6 is 0 Å². The lowest BCUT2D eigenvalue weighted by molar-refractivity contribution is -0.142. The van der Waals surface area contributed by atoms with Crippen LogP contribution in [0.1, 0.15) is 18.6 Å². The van der Waals surface area contributed by atoms with E-state index in [1.54, 1.807) is 6.08 Å². The van der Waals surface area contributed by atoms with E-state index in [9.17, 15) is 9.90 Å². The molecule has 0 amide bonds. The number of rotatable bonds is 5. The predicted molar refractivity (Wildman–Crippen MR) is 61.7 cm³/mol. The maximum absolute atomic E-state index is 10.7. The van der Waals surface area contributed by atoms with E-state index >= 15 is 0 Å². The highest BCUT2D eigenvalue weighted by Crippen LogP contribution is 2.22. The van der Waals surface area contributed by atoms with Gasteiger partial charge in [0.25, 0.3) is 0 Å². The Labute approximate surface area is 95.4 Å². The van der Waals surface area contributed by atoms with Crippen LogP contribution in [0.15, 0.2) is 43.0 Å². The van der Waals surface area contributed by atoms with Crippen molar-refractivity contribution in [2.75, 3.05) is 6.61 Å². The van der Waals surface area contributed by atoms with Crippen molar-refractivity contribution >= 4 is 5.97 Å². The van der Waals surface area contributed by atoms with E-state index < -0.39 is 6.10 Å². The third-order valence-corrected chi connectivity index (χ3v) is 2.33. The average Bonchev–Trinajstić information content (AvgIpc) is 2.30. The molecule has 0 bridgehead atoms. The number of hydrogen-bond donors (Lipinski definition) is 1. The molecule has 0 aliphatic rings. The van der Waals surface area contributed by atoms with Gasteiger partial charge in [0.15, 0.2) is 0 Å². The number of esters is 1. The molecule has 16 heavy (non-hydrogen) atoms. The number of carbonyl (C=O) groups is 1. The highest BCUT2D eigenvalue weighted by atomic mass is 16.5. The minimum absolute atomic E-state index is 0.148. The van der Waals surface area contributed by atoms with Gasteiger partial charge in [-0.25, -0.2) is 0 Å². The summed E-state index contributed by atoms with van der Waals surface area (Å²) in [4.78, 5) is 10.7. The molecule has 0 heterocycles. The fraction of sp³-hybridized carbons (Fsp3) is 0.308. The maximum atomic E-state index is 10.7. The van der Waals surface area contributed by atoms with Gasteiger partial charge in [-0.15, -0.1) is 6.58 Å². The third kappa shape index (κ3) is 3.51. The number of carbonyl (C=O) groups excluding carboxylic acids is 1. The summed E-state index contributed by atoms with van der Waals surface area (Å²) >= 11 is 0. The normalized spacial score (nSPS) is 13.9. The second-order valence-corrected chi connectivity index (χ2v) is 3.56. The van der Waals surface area contributed by atoms with Gasteiger partial charge < -0.3 is 9.84 Å². The van der Waals surface area contributed by atoms with Gasteiger partial charge >= 0.3 is 5.97 Å². The number of aliphatic hydroxyl groups excluding tert-OH is 1. The van der Waals surface area contributed by atoms with Crippen LogP contribution in [0.5, 0.6) is 0 Å². The van der Waals surface area contributed by atoms with Crippen molar-refractivity contribution in [2.45, 2.75) is 13.0 Å². The standard InChI is InChI=1S/C13H16O3/c1-3-11(9-16-10(2)14)13(15)12-7-5-4-6-8-12/h3-8,11,13,15H,1,9H2,2H3/t11-,13+/m1/s1. The maximum Gasteiger partial charge on any atom is 0.302 e. The molecule has 0 aliphatic heterocycles. The van der Waals surface area contributed by atoms with E-state index in [1.807, 2.05) is 30.3 Å². The Bertz CT molecular complexity index is 345. The first-order valence-corrected chi connectivity index (χ1v) is 5.14. The Hall–Kier alpha value is -1.61. The molecule has 0 fully saturated rings. The quantitative estimate of drug-likeness (QED) is 0.610. The summed E-state index contributed by atoms with van der Waals surface area (Å²) in [6, 6.07) is 9.24. The molecule has 0 radical (unpaired) electrons. The Morgan fingerprint density at radius 1 is 1.50 bits per heavy atom. The van der Waals surface area contributed by atoms with Gasteiger partial charge in [-0.1, -0.05) is 36.4 Å². The molecule has 1 aromatic carbocycles. The monoisotopic (exact) mass is 220 g/mol. The molecular weight excluding hydrogens is 204 g/mol. The largest absolute Gasteiger partial charge is 0.465 e. The Morgan fingerprint density at radius 3 is 2.62 bits per heavy atom. The fourth-order valence-corrected chi connectivity index (χ4v) is 1.40. The highest BCUT2D eigenvalue weighted by Gasteiger charge is 2.18. The van der Waals surface area contributed by atoms with Crippen LogP contribution in [-0.2, 0) is 9.53 Å². The van der Waals surface area contributed by atoms with Crippen molar-refractivity contribution in [2.24, 2.45) is 5.92 Å². The summed E-state index contributed by atoms with van der Waals surface area (Å²) in [6.07, 6.45) is 0.902. The molecule has 0 saturated carbocycles. The minimum atomic E-state index is -0.696. The molecule has 1 rings (SSSR count). The van der Waals surface area contributed by atoms with Gasteiger partial charge in [0.2, 0.25) is 0 Å². The summed E-state index contributed by atoms with van der Waals surface area (Å²) in [5.74, 6) is -0.640. The van der Waals surface area contributed by atoms with Crippen molar-refractivity contribution in [3.63, 3.8) is 0 Å². The van der Waals surface area contributed by atoms with E-state index in [4.69, 9.17) is 4.74 Å². The van der Waals surface area contributed by atoms with Gasteiger partial charge in [-0.05, 0) is 5.56 Å². The number of benzene rings is 1. The number of hydrogen-bond acceptors (Lipinski definition) is 3. The summed E-state index contributed by atoms with van der Waals surface area (Å²) in [6.45, 7) is 5.12. The van der Waals surface area contributed by atoms with Crippen LogP contribution in [-0.4, -0.2) is 17.7 Å². The van der Waals surface area contributed by atoms with E-state index in [0.29, 0.717) is 0 Å². The van der Waals surface area contributed by atoms with Crippen molar-refractivity contribution in [3.05, 3.63) is 48.6 Å². The zero-order chi connectivity index (χ0) is 12.0.